The number of thiophene rings is 1. The summed E-state index contributed by atoms with van der Waals surface area (Å²) >= 11 is 1.83. The normalized spacial score (nSPS) is 11.9. The second kappa shape index (κ2) is 6.26. The van der Waals surface area contributed by atoms with Crippen molar-refractivity contribution in [2.45, 2.75) is 26.2 Å². The molecule has 1 aromatic heterocycles. The molecule has 1 rings (SSSR count). The molecule has 0 aliphatic heterocycles. The van der Waals surface area contributed by atoms with E-state index in [9.17, 15) is 0 Å². The average molecular weight is 227 g/mol. The summed E-state index contributed by atoms with van der Waals surface area (Å²) in [6.07, 6.45) is 0. The number of nitrogens with one attached hydrogen (secondary N) is 1. The maximum atomic E-state index is 5.28. The minimum atomic E-state index is 0.223. The molecular formula is C12H21NOS. The molecule has 0 aromatic carbocycles. The first-order valence-corrected chi connectivity index (χ1v) is 6.37. The Labute approximate surface area is 96.7 Å². The van der Waals surface area contributed by atoms with Crippen molar-refractivity contribution < 1.29 is 4.74 Å². The van der Waals surface area contributed by atoms with Gasteiger partial charge in [0.15, 0.2) is 0 Å². The summed E-state index contributed by atoms with van der Waals surface area (Å²) in [6, 6.07) is 4.32. The highest BCUT2D eigenvalue weighted by molar-refractivity contribution is 7.10. The molecule has 0 saturated heterocycles. The van der Waals surface area contributed by atoms with E-state index >= 15 is 0 Å². The third-order valence-corrected chi connectivity index (χ3v) is 3.62. The number of hydrogen-bond acceptors (Lipinski definition) is 3. The predicted molar refractivity (Wildman–Crippen MR) is 66.7 cm³/mol. The molecule has 0 fully saturated rings. The second-order valence-electron chi connectivity index (χ2n) is 4.23. The maximum absolute atomic E-state index is 5.28. The van der Waals surface area contributed by atoms with Gasteiger partial charge in [-0.05, 0) is 18.4 Å². The van der Waals surface area contributed by atoms with Crippen LogP contribution in [0.3, 0.4) is 0 Å². The van der Waals surface area contributed by atoms with Crippen molar-refractivity contribution in [1.82, 2.24) is 5.32 Å². The van der Waals surface area contributed by atoms with Crippen molar-refractivity contribution in [3.63, 3.8) is 0 Å². The highest BCUT2D eigenvalue weighted by Gasteiger charge is 2.20. The third-order valence-electron chi connectivity index (χ3n) is 2.38. The van der Waals surface area contributed by atoms with Crippen LogP contribution in [0.5, 0.6) is 0 Å². The van der Waals surface area contributed by atoms with Gasteiger partial charge in [0.25, 0.3) is 0 Å². The van der Waals surface area contributed by atoms with Crippen molar-refractivity contribution in [1.29, 1.82) is 0 Å². The van der Waals surface area contributed by atoms with E-state index < -0.39 is 0 Å². The molecule has 0 aliphatic rings. The van der Waals surface area contributed by atoms with E-state index in [1.807, 2.05) is 18.3 Å². The number of rotatable bonds is 7. The van der Waals surface area contributed by atoms with Gasteiger partial charge in [0.2, 0.25) is 0 Å². The lowest BCUT2D eigenvalue weighted by molar-refractivity contribution is 0.148. The molecule has 3 heteroatoms. The minimum Gasteiger partial charge on any atom is -0.380 e. The van der Waals surface area contributed by atoms with E-state index in [4.69, 9.17) is 4.74 Å². The Kier molecular flexibility index (Phi) is 5.29. The number of ether oxygens (including phenoxy) is 1. The van der Waals surface area contributed by atoms with Gasteiger partial charge in [-0.3, -0.25) is 0 Å². The van der Waals surface area contributed by atoms with E-state index in [2.05, 4.69) is 36.7 Å². The van der Waals surface area contributed by atoms with Crippen molar-refractivity contribution >= 4 is 11.3 Å². The van der Waals surface area contributed by atoms with Crippen LogP contribution in [-0.2, 0) is 10.2 Å². The molecule has 0 unspecified atom stereocenters. The lowest BCUT2D eigenvalue weighted by Gasteiger charge is -2.23. The van der Waals surface area contributed by atoms with Crippen molar-refractivity contribution in [2.75, 3.05) is 26.3 Å². The molecule has 1 aromatic rings. The van der Waals surface area contributed by atoms with E-state index in [1.165, 1.54) is 4.88 Å². The molecule has 1 heterocycles. The second-order valence-corrected chi connectivity index (χ2v) is 5.18. The molecule has 0 spiro atoms. The standard InChI is InChI=1S/C12H21NOS/c1-4-14-8-7-13-10-12(2,3)11-6-5-9-15-11/h5-6,9,13H,4,7-8,10H2,1-3H3. The highest BCUT2D eigenvalue weighted by atomic mass is 32.1. The fraction of sp³-hybridized carbons (Fsp3) is 0.667. The van der Waals surface area contributed by atoms with Crippen LogP contribution >= 0.6 is 11.3 Å². The Bertz CT molecular complexity index is 257. The molecule has 0 atom stereocenters. The monoisotopic (exact) mass is 227 g/mol. The molecule has 0 saturated carbocycles. The fourth-order valence-electron chi connectivity index (χ4n) is 1.44. The summed E-state index contributed by atoms with van der Waals surface area (Å²) in [4.78, 5) is 1.44. The molecule has 15 heavy (non-hydrogen) atoms. The van der Waals surface area contributed by atoms with Crippen LogP contribution in [0.15, 0.2) is 17.5 Å². The van der Waals surface area contributed by atoms with E-state index in [1.54, 1.807) is 0 Å². The van der Waals surface area contributed by atoms with Crippen LogP contribution in [0.25, 0.3) is 0 Å². The summed E-state index contributed by atoms with van der Waals surface area (Å²) < 4.78 is 5.28. The molecular weight excluding hydrogens is 206 g/mol. The first-order chi connectivity index (χ1) is 7.17. The first kappa shape index (κ1) is 12.7. The van der Waals surface area contributed by atoms with Crippen LogP contribution in [0.2, 0.25) is 0 Å². The average Bonchev–Trinajstić information content (AvgIpc) is 2.70. The quantitative estimate of drug-likeness (QED) is 0.723. The topological polar surface area (TPSA) is 21.3 Å². The largest absolute Gasteiger partial charge is 0.380 e. The minimum absolute atomic E-state index is 0.223. The molecule has 0 bridgehead atoms. The zero-order valence-electron chi connectivity index (χ0n) is 9.88. The zero-order chi connectivity index (χ0) is 11.1. The van der Waals surface area contributed by atoms with Gasteiger partial charge in [0.05, 0.1) is 6.61 Å². The SMILES string of the molecule is CCOCCNCC(C)(C)c1cccs1. The van der Waals surface area contributed by atoms with E-state index in [0.29, 0.717) is 0 Å². The Balaban J connectivity index is 2.25. The summed E-state index contributed by atoms with van der Waals surface area (Å²) in [5.41, 5.74) is 0.223. The van der Waals surface area contributed by atoms with Gasteiger partial charge < -0.3 is 10.1 Å². The molecule has 2 nitrogen and oxygen atoms in total. The van der Waals surface area contributed by atoms with Crippen molar-refractivity contribution in [2.24, 2.45) is 0 Å². The highest BCUT2D eigenvalue weighted by Crippen LogP contribution is 2.26. The lowest BCUT2D eigenvalue weighted by atomic mass is 9.91. The van der Waals surface area contributed by atoms with Crippen molar-refractivity contribution in [3.05, 3.63) is 22.4 Å². The van der Waals surface area contributed by atoms with Crippen LogP contribution in [0.4, 0.5) is 0 Å². The van der Waals surface area contributed by atoms with Gasteiger partial charge >= 0.3 is 0 Å². The third kappa shape index (κ3) is 4.33. The molecule has 86 valence electrons. The Morgan fingerprint density at radius 1 is 1.47 bits per heavy atom. The number of hydrogen-bond donors (Lipinski definition) is 1. The fourth-order valence-corrected chi connectivity index (χ4v) is 2.29. The lowest BCUT2D eigenvalue weighted by Crippen LogP contribution is -2.34. The van der Waals surface area contributed by atoms with E-state index in [-0.39, 0.29) is 5.41 Å². The van der Waals surface area contributed by atoms with Crippen LogP contribution in [-0.4, -0.2) is 26.3 Å². The summed E-state index contributed by atoms with van der Waals surface area (Å²) in [5.74, 6) is 0. The predicted octanol–water partition coefficient (Wildman–Crippen LogP) is 2.65. The summed E-state index contributed by atoms with van der Waals surface area (Å²) in [5, 5.41) is 5.57. The smallest absolute Gasteiger partial charge is 0.0590 e. The molecule has 0 amide bonds. The van der Waals surface area contributed by atoms with Gasteiger partial charge in [-0.15, -0.1) is 11.3 Å². The Morgan fingerprint density at radius 2 is 2.27 bits per heavy atom. The van der Waals surface area contributed by atoms with Gasteiger partial charge in [0, 0.05) is 30.0 Å². The first-order valence-electron chi connectivity index (χ1n) is 5.49. The zero-order valence-corrected chi connectivity index (χ0v) is 10.7. The van der Waals surface area contributed by atoms with Crippen LogP contribution in [0, 0.1) is 0 Å². The molecule has 0 aliphatic carbocycles. The summed E-state index contributed by atoms with van der Waals surface area (Å²) in [7, 11) is 0. The Hall–Kier alpha value is -0.380. The van der Waals surface area contributed by atoms with Gasteiger partial charge in [-0.2, -0.15) is 0 Å². The van der Waals surface area contributed by atoms with E-state index in [0.717, 1.165) is 26.3 Å². The molecule has 0 radical (unpaired) electrons. The van der Waals surface area contributed by atoms with Crippen LogP contribution < -0.4 is 5.32 Å². The maximum Gasteiger partial charge on any atom is 0.0590 e. The van der Waals surface area contributed by atoms with Crippen LogP contribution in [0.1, 0.15) is 25.6 Å². The van der Waals surface area contributed by atoms with Gasteiger partial charge in [0.1, 0.15) is 0 Å². The summed E-state index contributed by atoms with van der Waals surface area (Å²) in [6.45, 7) is 10.1. The van der Waals surface area contributed by atoms with Gasteiger partial charge in [-0.1, -0.05) is 19.9 Å². The van der Waals surface area contributed by atoms with Gasteiger partial charge in [-0.25, -0.2) is 0 Å². The molecule has 1 N–H and O–H groups in total. The van der Waals surface area contributed by atoms with Crippen molar-refractivity contribution in [3.8, 4) is 0 Å². The Morgan fingerprint density at radius 3 is 2.87 bits per heavy atom.